The Morgan fingerprint density at radius 2 is 2.12 bits per heavy atom. The predicted octanol–water partition coefficient (Wildman–Crippen LogP) is 2.98. The molecule has 5 heteroatoms. The minimum absolute atomic E-state index is 0.00870. The Hall–Kier alpha value is -1.23. The maximum absolute atomic E-state index is 11.1. The average molecular weight is 302 g/mol. The minimum Gasteiger partial charge on any atom is -0.497 e. The van der Waals surface area contributed by atoms with Crippen LogP contribution >= 0.6 is 15.9 Å². The predicted molar refractivity (Wildman–Crippen MR) is 70.6 cm³/mol. The lowest BCUT2D eigenvalue weighted by atomic mass is 10.0. The fourth-order valence-electron chi connectivity index (χ4n) is 1.42. The molecule has 1 rings (SSSR count). The second kappa shape index (κ2) is 5.91. The summed E-state index contributed by atoms with van der Waals surface area (Å²) in [5, 5.41) is 12.1. The molecule has 1 unspecified atom stereocenters. The number of nitrogens with one attached hydrogen (secondary N) is 1. The van der Waals surface area contributed by atoms with Gasteiger partial charge in [0.05, 0.1) is 12.8 Å². The van der Waals surface area contributed by atoms with E-state index in [1.165, 1.54) is 0 Å². The number of benzene rings is 1. The van der Waals surface area contributed by atoms with Crippen molar-refractivity contribution in [1.29, 1.82) is 0 Å². The van der Waals surface area contributed by atoms with Crippen molar-refractivity contribution in [3.05, 3.63) is 22.7 Å². The lowest BCUT2D eigenvalue weighted by molar-refractivity contribution is -0.138. The van der Waals surface area contributed by atoms with Gasteiger partial charge in [0.25, 0.3) is 0 Å². The highest BCUT2D eigenvalue weighted by Gasteiger charge is 2.21. The van der Waals surface area contributed by atoms with Crippen molar-refractivity contribution >= 4 is 27.6 Å². The SMILES string of the molecule is COc1ccc(Br)c(NC(C(=O)O)C(C)C)c1. The van der Waals surface area contributed by atoms with E-state index >= 15 is 0 Å². The summed E-state index contributed by atoms with van der Waals surface area (Å²) >= 11 is 3.38. The Kier molecular flexibility index (Phi) is 4.81. The number of anilines is 1. The summed E-state index contributed by atoms with van der Waals surface area (Å²) in [6, 6.07) is 4.77. The highest BCUT2D eigenvalue weighted by atomic mass is 79.9. The Balaban J connectivity index is 2.96. The molecular weight excluding hydrogens is 286 g/mol. The molecule has 4 nitrogen and oxygen atoms in total. The molecule has 0 saturated carbocycles. The van der Waals surface area contributed by atoms with Crippen LogP contribution in [0.2, 0.25) is 0 Å². The van der Waals surface area contributed by atoms with Gasteiger partial charge in [0.2, 0.25) is 0 Å². The smallest absolute Gasteiger partial charge is 0.326 e. The highest BCUT2D eigenvalue weighted by molar-refractivity contribution is 9.10. The molecule has 94 valence electrons. The molecule has 0 aliphatic rings. The van der Waals surface area contributed by atoms with Crippen LogP contribution in [0, 0.1) is 5.92 Å². The summed E-state index contributed by atoms with van der Waals surface area (Å²) in [5.41, 5.74) is 0.713. The number of carboxylic acids is 1. The topological polar surface area (TPSA) is 58.6 Å². The molecule has 0 aliphatic carbocycles. The van der Waals surface area contributed by atoms with Gasteiger partial charge in [0, 0.05) is 10.5 Å². The molecule has 17 heavy (non-hydrogen) atoms. The zero-order chi connectivity index (χ0) is 13.0. The standard InChI is InChI=1S/C12H16BrNO3/c1-7(2)11(12(15)16)14-10-6-8(17-3)4-5-9(10)13/h4-7,11,14H,1-3H3,(H,15,16). The van der Waals surface area contributed by atoms with Crippen LogP contribution in [0.3, 0.4) is 0 Å². The molecule has 0 fully saturated rings. The van der Waals surface area contributed by atoms with Gasteiger partial charge in [0.15, 0.2) is 0 Å². The van der Waals surface area contributed by atoms with E-state index in [0.29, 0.717) is 11.4 Å². The van der Waals surface area contributed by atoms with Crippen molar-refractivity contribution in [3.63, 3.8) is 0 Å². The summed E-state index contributed by atoms with van der Waals surface area (Å²) < 4.78 is 5.91. The van der Waals surface area contributed by atoms with Crippen molar-refractivity contribution in [2.75, 3.05) is 12.4 Å². The first-order valence-electron chi connectivity index (χ1n) is 5.28. The fraction of sp³-hybridized carbons (Fsp3) is 0.417. The summed E-state index contributed by atoms with van der Waals surface area (Å²) in [4.78, 5) is 11.1. The van der Waals surface area contributed by atoms with E-state index in [0.717, 1.165) is 4.47 Å². The van der Waals surface area contributed by atoms with Crippen LogP contribution in [-0.4, -0.2) is 24.2 Å². The van der Waals surface area contributed by atoms with Gasteiger partial charge >= 0.3 is 5.97 Å². The summed E-state index contributed by atoms with van der Waals surface area (Å²) in [7, 11) is 1.57. The first-order valence-corrected chi connectivity index (χ1v) is 6.08. The monoisotopic (exact) mass is 301 g/mol. The molecule has 1 atom stereocenters. The Labute approximate surface area is 109 Å². The Bertz CT molecular complexity index is 407. The van der Waals surface area contributed by atoms with Gasteiger partial charge in [-0.15, -0.1) is 0 Å². The van der Waals surface area contributed by atoms with Crippen molar-refractivity contribution in [2.24, 2.45) is 5.92 Å². The molecule has 1 aromatic carbocycles. The third-order valence-electron chi connectivity index (χ3n) is 2.42. The molecule has 0 spiro atoms. The van der Waals surface area contributed by atoms with Crippen LogP contribution in [0.5, 0.6) is 5.75 Å². The number of carboxylic acid groups (broad SMARTS) is 1. The van der Waals surface area contributed by atoms with Gasteiger partial charge in [-0.05, 0) is 34.0 Å². The summed E-state index contributed by atoms with van der Waals surface area (Å²) in [5.74, 6) is -0.191. The van der Waals surface area contributed by atoms with Crippen LogP contribution in [0.15, 0.2) is 22.7 Å². The summed E-state index contributed by atoms with van der Waals surface area (Å²) in [6.45, 7) is 3.72. The second-order valence-corrected chi connectivity index (χ2v) is 4.90. The first-order chi connectivity index (χ1) is 7.95. The number of hydrogen-bond donors (Lipinski definition) is 2. The van der Waals surface area contributed by atoms with Gasteiger partial charge < -0.3 is 15.2 Å². The molecule has 0 amide bonds. The Morgan fingerprint density at radius 1 is 1.47 bits per heavy atom. The number of rotatable bonds is 5. The average Bonchev–Trinajstić information content (AvgIpc) is 2.27. The molecule has 0 bridgehead atoms. The quantitative estimate of drug-likeness (QED) is 0.878. The molecule has 2 N–H and O–H groups in total. The third-order valence-corrected chi connectivity index (χ3v) is 3.11. The van der Waals surface area contributed by atoms with Crippen LogP contribution < -0.4 is 10.1 Å². The van der Waals surface area contributed by atoms with E-state index < -0.39 is 12.0 Å². The lowest BCUT2D eigenvalue weighted by Gasteiger charge is -2.20. The normalized spacial score (nSPS) is 12.3. The van der Waals surface area contributed by atoms with E-state index in [-0.39, 0.29) is 5.92 Å². The number of ether oxygens (including phenoxy) is 1. The molecule has 0 aromatic heterocycles. The van der Waals surface area contributed by atoms with E-state index in [2.05, 4.69) is 21.2 Å². The second-order valence-electron chi connectivity index (χ2n) is 4.05. The number of halogens is 1. The van der Waals surface area contributed by atoms with Crippen molar-refractivity contribution in [2.45, 2.75) is 19.9 Å². The largest absolute Gasteiger partial charge is 0.497 e. The summed E-state index contributed by atoms with van der Waals surface area (Å²) in [6.07, 6.45) is 0. The van der Waals surface area contributed by atoms with Crippen molar-refractivity contribution in [1.82, 2.24) is 0 Å². The van der Waals surface area contributed by atoms with Crippen molar-refractivity contribution in [3.8, 4) is 5.75 Å². The zero-order valence-electron chi connectivity index (χ0n) is 10.0. The van der Waals surface area contributed by atoms with Crippen LogP contribution in [0.4, 0.5) is 5.69 Å². The molecule has 0 aliphatic heterocycles. The van der Waals surface area contributed by atoms with Gasteiger partial charge in [-0.3, -0.25) is 0 Å². The first kappa shape index (κ1) is 13.8. The Morgan fingerprint density at radius 3 is 2.59 bits per heavy atom. The molecular formula is C12H16BrNO3. The molecule has 0 heterocycles. The van der Waals surface area contributed by atoms with Gasteiger partial charge in [-0.1, -0.05) is 13.8 Å². The minimum atomic E-state index is -0.866. The fourth-order valence-corrected chi connectivity index (χ4v) is 1.78. The van der Waals surface area contributed by atoms with E-state index in [9.17, 15) is 4.79 Å². The van der Waals surface area contributed by atoms with E-state index in [4.69, 9.17) is 9.84 Å². The van der Waals surface area contributed by atoms with E-state index in [1.54, 1.807) is 19.2 Å². The number of methoxy groups -OCH3 is 1. The maximum atomic E-state index is 11.1. The zero-order valence-corrected chi connectivity index (χ0v) is 11.6. The van der Waals surface area contributed by atoms with Crippen LogP contribution in [0.25, 0.3) is 0 Å². The number of aliphatic carboxylic acids is 1. The maximum Gasteiger partial charge on any atom is 0.326 e. The number of carbonyl (C=O) groups is 1. The van der Waals surface area contributed by atoms with Crippen molar-refractivity contribution < 1.29 is 14.6 Å². The van der Waals surface area contributed by atoms with Crippen LogP contribution in [0.1, 0.15) is 13.8 Å². The number of hydrogen-bond acceptors (Lipinski definition) is 3. The van der Waals surface area contributed by atoms with Gasteiger partial charge in [0.1, 0.15) is 11.8 Å². The molecule has 0 radical (unpaired) electrons. The van der Waals surface area contributed by atoms with E-state index in [1.807, 2.05) is 19.9 Å². The molecule has 1 aromatic rings. The van der Waals surface area contributed by atoms with Gasteiger partial charge in [-0.25, -0.2) is 4.79 Å². The highest BCUT2D eigenvalue weighted by Crippen LogP contribution is 2.28. The lowest BCUT2D eigenvalue weighted by Crippen LogP contribution is -2.34. The van der Waals surface area contributed by atoms with Gasteiger partial charge in [-0.2, -0.15) is 0 Å². The van der Waals surface area contributed by atoms with Crippen LogP contribution in [-0.2, 0) is 4.79 Å². The molecule has 0 saturated heterocycles. The third kappa shape index (κ3) is 3.63.